The Morgan fingerprint density at radius 2 is 2.00 bits per heavy atom. The van der Waals surface area contributed by atoms with E-state index in [1.807, 2.05) is 13.8 Å². The summed E-state index contributed by atoms with van der Waals surface area (Å²) >= 11 is 0. The second-order valence-electron chi connectivity index (χ2n) is 1.77. The SMILES string of the molecule is CC.COc1cc(N)cc(F)n1. The second-order valence-corrected chi connectivity index (χ2v) is 1.77. The number of hydrogen-bond donors (Lipinski definition) is 1. The van der Waals surface area contributed by atoms with Crippen LogP contribution in [0.4, 0.5) is 10.1 Å². The molecule has 0 atom stereocenters. The molecule has 3 nitrogen and oxygen atoms in total. The van der Waals surface area contributed by atoms with Crippen molar-refractivity contribution in [1.82, 2.24) is 4.98 Å². The van der Waals surface area contributed by atoms with Crippen LogP contribution >= 0.6 is 0 Å². The van der Waals surface area contributed by atoms with E-state index >= 15 is 0 Å². The molecule has 0 aliphatic rings. The van der Waals surface area contributed by atoms with Crippen LogP contribution < -0.4 is 10.5 Å². The first kappa shape index (κ1) is 10.7. The Balaban J connectivity index is 0.000000561. The quantitative estimate of drug-likeness (QED) is 0.657. The van der Waals surface area contributed by atoms with E-state index in [-0.39, 0.29) is 5.88 Å². The average molecular weight is 172 g/mol. The number of nitrogens with zero attached hydrogens (tertiary/aromatic N) is 1. The van der Waals surface area contributed by atoms with Crippen LogP contribution in [0.25, 0.3) is 0 Å². The molecule has 1 rings (SSSR count). The van der Waals surface area contributed by atoms with Crippen LogP contribution in [0.2, 0.25) is 0 Å². The first-order valence-corrected chi connectivity index (χ1v) is 3.69. The molecule has 0 spiro atoms. The van der Waals surface area contributed by atoms with E-state index < -0.39 is 5.95 Å². The van der Waals surface area contributed by atoms with Gasteiger partial charge in [0.15, 0.2) is 0 Å². The summed E-state index contributed by atoms with van der Waals surface area (Å²) in [5.74, 6) is -0.436. The summed E-state index contributed by atoms with van der Waals surface area (Å²) < 4.78 is 17.0. The van der Waals surface area contributed by atoms with Crippen molar-refractivity contribution in [2.75, 3.05) is 12.8 Å². The normalized spacial score (nSPS) is 8.33. The number of hydrogen-bond acceptors (Lipinski definition) is 3. The van der Waals surface area contributed by atoms with E-state index in [1.165, 1.54) is 13.2 Å². The number of methoxy groups -OCH3 is 1. The van der Waals surface area contributed by atoms with E-state index in [0.717, 1.165) is 6.07 Å². The van der Waals surface area contributed by atoms with Gasteiger partial charge in [-0.15, -0.1) is 0 Å². The number of anilines is 1. The highest BCUT2D eigenvalue weighted by Gasteiger charge is 1.97. The lowest BCUT2D eigenvalue weighted by atomic mass is 10.4. The molecular weight excluding hydrogens is 159 g/mol. The first-order chi connectivity index (χ1) is 5.72. The smallest absolute Gasteiger partial charge is 0.218 e. The molecule has 1 aromatic rings. The van der Waals surface area contributed by atoms with Gasteiger partial charge >= 0.3 is 0 Å². The standard InChI is InChI=1S/C6H7FN2O.C2H6/c1-10-6-3-4(8)2-5(7)9-6;1-2/h2-3H,1H3,(H2,8,9);1-2H3. The van der Waals surface area contributed by atoms with Crippen molar-refractivity contribution < 1.29 is 9.13 Å². The van der Waals surface area contributed by atoms with E-state index in [9.17, 15) is 4.39 Å². The van der Waals surface area contributed by atoms with Crippen molar-refractivity contribution in [3.8, 4) is 5.88 Å². The van der Waals surface area contributed by atoms with Crippen LogP contribution in [0.1, 0.15) is 13.8 Å². The predicted molar refractivity (Wildman–Crippen MR) is 46.5 cm³/mol. The van der Waals surface area contributed by atoms with Crippen LogP contribution in [0, 0.1) is 5.95 Å². The van der Waals surface area contributed by atoms with Crippen LogP contribution in [0.3, 0.4) is 0 Å². The topological polar surface area (TPSA) is 48.1 Å². The molecular formula is C8H13FN2O. The number of nitrogen functional groups attached to an aromatic ring is 1. The number of aromatic nitrogens is 1. The average Bonchev–Trinajstić information content (AvgIpc) is 2.06. The maximum absolute atomic E-state index is 12.3. The molecule has 4 heteroatoms. The van der Waals surface area contributed by atoms with Gasteiger partial charge in [0.1, 0.15) is 0 Å². The van der Waals surface area contributed by atoms with Crippen LogP contribution in [-0.4, -0.2) is 12.1 Å². The third-order valence-electron chi connectivity index (χ3n) is 1.00. The summed E-state index contributed by atoms with van der Waals surface area (Å²) in [5, 5.41) is 0. The van der Waals surface area contributed by atoms with Crippen LogP contribution in [-0.2, 0) is 0 Å². The molecule has 0 unspecified atom stereocenters. The van der Waals surface area contributed by atoms with Gasteiger partial charge < -0.3 is 10.5 Å². The predicted octanol–water partition coefficient (Wildman–Crippen LogP) is 1.84. The third kappa shape index (κ3) is 3.18. The fourth-order valence-corrected chi connectivity index (χ4v) is 0.596. The fourth-order valence-electron chi connectivity index (χ4n) is 0.596. The summed E-state index contributed by atoms with van der Waals surface area (Å²) in [6.07, 6.45) is 0. The van der Waals surface area contributed by atoms with Gasteiger partial charge in [0.05, 0.1) is 7.11 Å². The molecule has 0 aliphatic heterocycles. The molecule has 0 radical (unpaired) electrons. The minimum absolute atomic E-state index is 0.192. The number of ether oxygens (including phenoxy) is 1. The number of pyridine rings is 1. The Morgan fingerprint density at radius 3 is 2.42 bits per heavy atom. The molecule has 0 bridgehead atoms. The molecule has 1 heterocycles. The van der Waals surface area contributed by atoms with Crippen LogP contribution in [0.15, 0.2) is 12.1 Å². The van der Waals surface area contributed by atoms with Crippen molar-refractivity contribution in [1.29, 1.82) is 0 Å². The second kappa shape index (κ2) is 5.35. The fraction of sp³-hybridized carbons (Fsp3) is 0.375. The molecule has 2 N–H and O–H groups in total. The Hall–Kier alpha value is -1.32. The van der Waals surface area contributed by atoms with E-state index in [2.05, 4.69) is 9.72 Å². The number of rotatable bonds is 1. The molecule has 0 aliphatic carbocycles. The third-order valence-corrected chi connectivity index (χ3v) is 1.00. The highest BCUT2D eigenvalue weighted by Crippen LogP contribution is 2.11. The zero-order valence-corrected chi connectivity index (χ0v) is 7.47. The Labute approximate surface area is 71.4 Å². The maximum Gasteiger partial charge on any atom is 0.218 e. The molecule has 0 aromatic carbocycles. The van der Waals surface area contributed by atoms with E-state index in [1.54, 1.807) is 0 Å². The summed E-state index contributed by atoms with van der Waals surface area (Å²) in [6.45, 7) is 4.00. The van der Waals surface area contributed by atoms with E-state index in [4.69, 9.17) is 5.73 Å². The minimum atomic E-state index is -0.628. The lowest BCUT2D eigenvalue weighted by Gasteiger charge is -1.98. The monoisotopic (exact) mass is 172 g/mol. The van der Waals surface area contributed by atoms with Crippen molar-refractivity contribution in [2.45, 2.75) is 13.8 Å². The van der Waals surface area contributed by atoms with Gasteiger partial charge in [-0.3, -0.25) is 0 Å². The van der Waals surface area contributed by atoms with Gasteiger partial charge in [-0.05, 0) is 0 Å². The Kier molecular flexibility index (Phi) is 4.76. The molecule has 0 amide bonds. The molecule has 12 heavy (non-hydrogen) atoms. The van der Waals surface area contributed by atoms with Gasteiger partial charge in [-0.25, -0.2) is 0 Å². The highest BCUT2D eigenvalue weighted by atomic mass is 19.1. The zero-order valence-electron chi connectivity index (χ0n) is 7.47. The molecule has 0 saturated carbocycles. The summed E-state index contributed by atoms with van der Waals surface area (Å²) in [5.41, 5.74) is 5.58. The molecule has 0 saturated heterocycles. The van der Waals surface area contributed by atoms with Crippen molar-refractivity contribution in [3.05, 3.63) is 18.1 Å². The van der Waals surface area contributed by atoms with Crippen molar-refractivity contribution in [2.24, 2.45) is 0 Å². The van der Waals surface area contributed by atoms with E-state index in [0.29, 0.717) is 5.69 Å². The number of halogens is 1. The Morgan fingerprint density at radius 1 is 1.42 bits per heavy atom. The van der Waals surface area contributed by atoms with Crippen LogP contribution in [0.5, 0.6) is 5.88 Å². The van der Waals surface area contributed by atoms with Gasteiger partial charge in [0.25, 0.3) is 0 Å². The lowest BCUT2D eigenvalue weighted by molar-refractivity contribution is 0.388. The molecule has 68 valence electrons. The van der Waals surface area contributed by atoms with Crippen molar-refractivity contribution >= 4 is 5.69 Å². The lowest BCUT2D eigenvalue weighted by Crippen LogP contribution is -1.93. The van der Waals surface area contributed by atoms with Crippen molar-refractivity contribution in [3.63, 3.8) is 0 Å². The zero-order chi connectivity index (χ0) is 9.56. The summed E-state index contributed by atoms with van der Waals surface area (Å²) in [7, 11) is 1.40. The van der Waals surface area contributed by atoms with Gasteiger partial charge in [-0.1, -0.05) is 13.8 Å². The van der Waals surface area contributed by atoms with Gasteiger partial charge in [-0.2, -0.15) is 9.37 Å². The molecule has 0 fully saturated rings. The largest absolute Gasteiger partial charge is 0.481 e. The first-order valence-electron chi connectivity index (χ1n) is 3.69. The van der Waals surface area contributed by atoms with Gasteiger partial charge in [0, 0.05) is 17.8 Å². The Bertz CT molecular complexity index is 220. The summed E-state index contributed by atoms with van der Waals surface area (Å²) in [6, 6.07) is 2.58. The molecule has 1 aromatic heterocycles. The summed E-state index contributed by atoms with van der Waals surface area (Å²) in [4.78, 5) is 3.38. The van der Waals surface area contributed by atoms with Gasteiger partial charge in [0.2, 0.25) is 11.8 Å². The highest BCUT2D eigenvalue weighted by molar-refractivity contribution is 5.39. The minimum Gasteiger partial charge on any atom is -0.481 e. The number of nitrogens with two attached hydrogens (primary N) is 1. The maximum atomic E-state index is 12.3.